The van der Waals surface area contributed by atoms with Crippen LogP contribution in [0.2, 0.25) is 0 Å². The molecule has 1 N–H and O–H groups in total. The van der Waals surface area contributed by atoms with Crippen molar-refractivity contribution in [3.63, 3.8) is 0 Å². The van der Waals surface area contributed by atoms with E-state index >= 15 is 0 Å². The van der Waals surface area contributed by atoms with Crippen LogP contribution in [0.5, 0.6) is 0 Å². The fourth-order valence-electron chi connectivity index (χ4n) is 3.33. The predicted molar refractivity (Wildman–Crippen MR) is 106 cm³/mol. The number of aryl methyl sites for hydroxylation is 1. The molecule has 0 spiro atoms. The van der Waals surface area contributed by atoms with Crippen LogP contribution < -0.4 is 5.56 Å². The predicted octanol–water partition coefficient (Wildman–Crippen LogP) is 4.10. The quantitative estimate of drug-likeness (QED) is 0.582. The van der Waals surface area contributed by atoms with E-state index in [1.807, 2.05) is 60.7 Å². The summed E-state index contributed by atoms with van der Waals surface area (Å²) in [5.74, 6) is -0.574. The first kappa shape index (κ1) is 17.2. The number of benzene rings is 2. The topological polar surface area (TPSA) is 72.2 Å². The number of hydrogen-bond donors (Lipinski definition) is 1. The summed E-state index contributed by atoms with van der Waals surface area (Å²) in [6.45, 7) is 1.78. The van der Waals surface area contributed by atoms with E-state index in [9.17, 15) is 14.7 Å². The van der Waals surface area contributed by atoms with Gasteiger partial charge in [-0.2, -0.15) is 0 Å². The van der Waals surface area contributed by atoms with Crippen molar-refractivity contribution in [2.45, 2.75) is 13.0 Å². The van der Waals surface area contributed by atoms with Crippen LogP contribution >= 0.6 is 11.3 Å². The summed E-state index contributed by atoms with van der Waals surface area (Å²) in [5.41, 5.74) is 1.53. The number of aromatic carboxylic acids is 1. The zero-order chi connectivity index (χ0) is 19.0. The third kappa shape index (κ3) is 2.94. The minimum absolute atomic E-state index is 0.00104. The summed E-state index contributed by atoms with van der Waals surface area (Å²) >= 11 is 1.18. The molecule has 0 aliphatic rings. The van der Waals surface area contributed by atoms with Gasteiger partial charge in [0, 0.05) is 5.38 Å². The standard InChI is InChI=1S/C21H16N2O3S/c1-13-22-19-17(16(12-27-19)21(25)26)20(24)23(13)18(14-8-4-2-5-9-14)15-10-6-3-7-11-15/h2-12,18H,1H3,(H,25,26). The van der Waals surface area contributed by atoms with Gasteiger partial charge in [0.05, 0.1) is 17.0 Å². The number of carbonyl (C=O) groups is 1. The van der Waals surface area contributed by atoms with E-state index in [1.54, 1.807) is 11.5 Å². The van der Waals surface area contributed by atoms with E-state index in [0.29, 0.717) is 10.7 Å². The van der Waals surface area contributed by atoms with Crippen LogP contribution in [0.1, 0.15) is 33.4 Å². The van der Waals surface area contributed by atoms with Gasteiger partial charge >= 0.3 is 5.97 Å². The Kier molecular flexibility index (Phi) is 4.33. The molecular formula is C21H16N2O3S. The van der Waals surface area contributed by atoms with E-state index in [0.717, 1.165) is 11.1 Å². The van der Waals surface area contributed by atoms with Gasteiger partial charge in [0.15, 0.2) is 0 Å². The Balaban J connectivity index is 2.06. The van der Waals surface area contributed by atoms with Crippen molar-refractivity contribution in [3.8, 4) is 0 Å². The summed E-state index contributed by atoms with van der Waals surface area (Å²) in [4.78, 5) is 29.9. The SMILES string of the molecule is Cc1nc2scc(C(=O)O)c2c(=O)n1C(c1ccccc1)c1ccccc1. The lowest BCUT2D eigenvalue weighted by molar-refractivity contribution is 0.0699. The molecule has 0 unspecified atom stereocenters. The van der Waals surface area contributed by atoms with Crippen LogP contribution in [-0.2, 0) is 0 Å². The second-order valence-corrected chi connectivity index (χ2v) is 7.05. The lowest BCUT2D eigenvalue weighted by Gasteiger charge is -2.23. The highest BCUT2D eigenvalue weighted by molar-refractivity contribution is 7.17. The number of rotatable bonds is 4. The minimum Gasteiger partial charge on any atom is -0.478 e. The van der Waals surface area contributed by atoms with Crippen molar-refractivity contribution in [1.29, 1.82) is 0 Å². The Hall–Kier alpha value is -3.25. The highest BCUT2D eigenvalue weighted by Crippen LogP contribution is 2.29. The fourth-order valence-corrected chi connectivity index (χ4v) is 4.28. The number of thiophene rings is 1. The molecule has 27 heavy (non-hydrogen) atoms. The van der Waals surface area contributed by atoms with Crippen molar-refractivity contribution in [2.75, 3.05) is 0 Å². The maximum Gasteiger partial charge on any atom is 0.337 e. The highest BCUT2D eigenvalue weighted by Gasteiger charge is 2.24. The van der Waals surface area contributed by atoms with Crippen molar-refractivity contribution in [1.82, 2.24) is 9.55 Å². The average molecular weight is 376 g/mol. The molecule has 0 fully saturated rings. The molecule has 134 valence electrons. The largest absolute Gasteiger partial charge is 0.478 e. The summed E-state index contributed by atoms with van der Waals surface area (Å²) in [7, 11) is 0. The minimum atomic E-state index is -1.12. The lowest BCUT2D eigenvalue weighted by atomic mass is 9.98. The molecule has 0 atom stereocenters. The number of carboxylic acids is 1. The van der Waals surface area contributed by atoms with Gasteiger partial charge in [0.25, 0.3) is 5.56 Å². The zero-order valence-electron chi connectivity index (χ0n) is 14.5. The Morgan fingerprint density at radius 3 is 2.11 bits per heavy atom. The Morgan fingerprint density at radius 2 is 1.59 bits per heavy atom. The Labute approximate surface area is 159 Å². The number of hydrogen-bond acceptors (Lipinski definition) is 4. The van der Waals surface area contributed by atoms with Crippen molar-refractivity contribution in [3.05, 3.63) is 98.9 Å². The molecule has 0 aliphatic carbocycles. The van der Waals surface area contributed by atoms with Crippen molar-refractivity contribution in [2.24, 2.45) is 0 Å². The van der Waals surface area contributed by atoms with Crippen LogP contribution in [-0.4, -0.2) is 20.6 Å². The van der Waals surface area contributed by atoms with Crippen LogP contribution in [0.15, 0.2) is 70.8 Å². The summed E-state index contributed by atoms with van der Waals surface area (Å²) in [6.07, 6.45) is 0. The number of fused-ring (bicyclic) bond motifs is 1. The number of aromatic nitrogens is 2. The molecule has 4 aromatic rings. The third-order valence-electron chi connectivity index (χ3n) is 4.54. The van der Waals surface area contributed by atoms with Gasteiger partial charge < -0.3 is 5.11 Å². The molecule has 0 saturated heterocycles. The molecule has 2 aromatic carbocycles. The second kappa shape index (κ2) is 6.81. The average Bonchev–Trinajstić information content (AvgIpc) is 3.11. The molecule has 0 aliphatic heterocycles. The fraction of sp³-hybridized carbons (Fsp3) is 0.0952. The smallest absolute Gasteiger partial charge is 0.337 e. The molecule has 0 amide bonds. The van der Waals surface area contributed by atoms with Gasteiger partial charge in [-0.1, -0.05) is 60.7 Å². The highest BCUT2D eigenvalue weighted by atomic mass is 32.1. The molecule has 2 aromatic heterocycles. The van der Waals surface area contributed by atoms with Crippen LogP contribution in [0.4, 0.5) is 0 Å². The maximum atomic E-state index is 13.4. The molecule has 0 saturated carbocycles. The first-order chi connectivity index (χ1) is 13.1. The molecule has 0 bridgehead atoms. The molecular weight excluding hydrogens is 360 g/mol. The van der Waals surface area contributed by atoms with E-state index in [-0.39, 0.29) is 16.5 Å². The molecule has 6 heteroatoms. The monoisotopic (exact) mass is 376 g/mol. The van der Waals surface area contributed by atoms with E-state index in [4.69, 9.17) is 0 Å². The van der Waals surface area contributed by atoms with E-state index < -0.39 is 12.0 Å². The molecule has 0 radical (unpaired) electrons. The Bertz CT molecular complexity index is 1140. The van der Waals surface area contributed by atoms with Crippen molar-refractivity contribution < 1.29 is 9.90 Å². The zero-order valence-corrected chi connectivity index (χ0v) is 15.3. The maximum absolute atomic E-state index is 13.4. The summed E-state index contributed by atoms with van der Waals surface area (Å²) in [5, 5.41) is 11.1. The first-order valence-electron chi connectivity index (χ1n) is 8.41. The molecule has 2 heterocycles. The number of nitrogens with zero attached hydrogens (tertiary/aromatic N) is 2. The van der Waals surface area contributed by atoms with E-state index in [1.165, 1.54) is 16.7 Å². The summed E-state index contributed by atoms with van der Waals surface area (Å²) < 4.78 is 1.59. The Morgan fingerprint density at radius 1 is 1.04 bits per heavy atom. The van der Waals surface area contributed by atoms with Crippen LogP contribution in [0.25, 0.3) is 10.2 Å². The van der Waals surface area contributed by atoms with Gasteiger partial charge in [0.2, 0.25) is 0 Å². The van der Waals surface area contributed by atoms with Gasteiger partial charge in [-0.15, -0.1) is 11.3 Å². The van der Waals surface area contributed by atoms with Gasteiger partial charge in [0.1, 0.15) is 10.7 Å². The first-order valence-corrected chi connectivity index (χ1v) is 9.29. The number of carboxylic acid groups (broad SMARTS) is 1. The van der Waals surface area contributed by atoms with Crippen LogP contribution in [0.3, 0.4) is 0 Å². The third-order valence-corrected chi connectivity index (χ3v) is 5.41. The normalized spacial score (nSPS) is 11.2. The lowest BCUT2D eigenvalue weighted by Crippen LogP contribution is -2.29. The molecule has 5 nitrogen and oxygen atoms in total. The van der Waals surface area contributed by atoms with E-state index in [2.05, 4.69) is 4.98 Å². The van der Waals surface area contributed by atoms with Crippen LogP contribution in [0, 0.1) is 6.92 Å². The molecule has 4 rings (SSSR count). The van der Waals surface area contributed by atoms with Gasteiger partial charge in [-0.3, -0.25) is 9.36 Å². The van der Waals surface area contributed by atoms with Gasteiger partial charge in [-0.05, 0) is 18.1 Å². The van der Waals surface area contributed by atoms with Gasteiger partial charge in [-0.25, -0.2) is 9.78 Å². The second-order valence-electron chi connectivity index (χ2n) is 6.19. The van der Waals surface area contributed by atoms with Crippen molar-refractivity contribution >= 4 is 27.5 Å². The summed E-state index contributed by atoms with van der Waals surface area (Å²) in [6, 6.07) is 19.0.